The maximum absolute atomic E-state index is 13.9. The van der Waals surface area contributed by atoms with Crippen LogP contribution in [0.15, 0.2) is 4.99 Å². The number of nitrogens with zero attached hydrogens (tertiary/aromatic N) is 1. The molecule has 0 aromatic heterocycles. The number of rotatable bonds is 33. The number of aliphatic carboxylic acids is 3. The molecular weight excluding hydrogens is 945 g/mol. The number of amides is 8. The molecule has 0 aromatic carbocycles. The summed E-state index contributed by atoms with van der Waals surface area (Å²) in [5.74, 6) is -15.0. The third kappa shape index (κ3) is 24.2. The van der Waals surface area contributed by atoms with Crippen LogP contribution in [0.25, 0.3) is 0 Å². The van der Waals surface area contributed by atoms with Gasteiger partial charge in [0.1, 0.15) is 48.3 Å². The quantitative estimate of drug-likeness (QED) is 0.0126. The third-order valence-electron chi connectivity index (χ3n) is 9.24. The molecule has 8 amide bonds. The summed E-state index contributed by atoms with van der Waals surface area (Å²) in [6, 6.07) is -14.5. The van der Waals surface area contributed by atoms with Crippen molar-refractivity contribution in [3.05, 3.63) is 0 Å². The summed E-state index contributed by atoms with van der Waals surface area (Å²) in [7, 11) is 0. The molecule has 0 bridgehead atoms. The molecule has 0 aliphatic carbocycles. The van der Waals surface area contributed by atoms with Crippen LogP contribution in [0.2, 0.25) is 0 Å². The molecule has 0 saturated heterocycles. The summed E-state index contributed by atoms with van der Waals surface area (Å²) in [4.78, 5) is 145. The molecule has 19 N–H and O–H groups in total. The van der Waals surface area contributed by atoms with E-state index >= 15 is 0 Å². The molecule has 0 rings (SSSR count). The second-order valence-electron chi connectivity index (χ2n) is 16.1. The summed E-state index contributed by atoms with van der Waals surface area (Å²) in [5.41, 5.74) is 16.4. The second-order valence-corrected chi connectivity index (χ2v) is 16.8. The van der Waals surface area contributed by atoms with Crippen LogP contribution < -0.4 is 59.7 Å². The van der Waals surface area contributed by atoms with Crippen molar-refractivity contribution >= 4 is 96.4 Å². The lowest BCUT2D eigenvalue weighted by Crippen LogP contribution is -2.61. The number of carbonyl (C=O) groups excluding carboxylic acids is 8. The maximum Gasteiger partial charge on any atom is 0.327 e. The Morgan fingerprint density at radius 3 is 1.15 bits per heavy atom. The number of nitrogens with one attached hydrogen (secondary N) is 8. The zero-order valence-corrected chi connectivity index (χ0v) is 39.7. The number of aliphatic hydroxyl groups excluding tert-OH is 2. The van der Waals surface area contributed by atoms with E-state index in [1.165, 1.54) is 0 Å². The van der Waals surface area contributed by atoms with E-state index in [4.69, 9.17) is 17.2 Å². The van der Waals surface area contributed by atoms with Crippen LogP contribution in [0.1, 0.15) is 66.2 Å². The van der Waals surface area contributed by atoms with Gasteiger partial charge in [0.25, 0.3) is 0 Å². The first-order valence-electron chi connectivity index (χ1n) is 21.0. The van der Waals surface area contributed by atoms with E-state index < -0.39 is 151 Å². The summed E-state index contributed by atoms with van der Waals surface area (Å²) >= 11 is 7.72. The molecule has 0 heterocycles. The van der Waals surface area contributed by atoms with Crippen molar-refractivity contribution in [2.45, 2.75) is 121 Å². The van der Waals surface area contributed by atoms with E-state index in [2.05, 4.69) is 62.2 Å². The number of guanidine groups is 1. The van der Waals surface area contributed by atoms with E-state index in [1.807, 2.05) is 10.6 Å². The molecule has 30 heteroatoms. The van der Waals surface area contributed by atoms with Crippen molar-refractivity contribution in [2.75, 3.05) is 31.3 Å². The number of hydrogen-bond acceptors (Lipinski definition) is 17. The molecule has 0 aliphatic rings. The van der Waals surface area contributed by atoms with Gasteiger partial charge in [-0.15, -0.1) is 0 Å². The number of hydrogen-bond donors (Lipinski definition) is 18. The van der Waals surface area contributed by atoms with E-state index in [-0.39, 0.29) is 55.8 Å². The topological polar surface area (TPSA) is 476 Å². The average Bonchev–Trinajstić information content (AvgIpc) is 3.24. The summed E-state index contributed by atoms with van der Waals surface area (Å²) in [6.07, 6.45) is -2.70. The number of carbonyl (C=O) groups is 11. The lowest BCUT2D eigenvalue weighted by atomic mass is 10.0. The van der Waals surface area contributed by atoms with Crippen LogP contribution in [-0.2, 0) is 52.7 Å². The molecule has 0 saturated carbocycles. The monoisotopic (exact) mass is 1010 g/mol. The molecular formula is C38H66N12O16S2. The number of thiol groups is 2. The number of carboxylic acid groups (broad SMARTS) is 3. The fourth-order valence-corrected chi connectivity index (χ4v) is 6.20. The van der Waals surface area contributed by atoms with Gasteiger partial charge in [-0.05, 0) is 37.5 Å². The Balaban J connectivity index is 6.59. The lowest BCUT2D eigenvalue weighted by Gasteiger charge is -2.28. The Kier molecular flexibility index (Phi) is 29.1. The Morgan fingerprint density at radius 2 is 0.809 bits per heavy atom. The minimum Gasteiger partial charge on any atom is -0.481 e. The van der Waals surface area contributed by atoms with E-state index in [9.17, 15) is 78.3 Å². The van der Waals surface area contributed by atoms with Gasteiger partial charge in [-0.25, -0.2) is 4.79 Å². The van der Waals surface area contributed by atoms with Crippen molar-refractivity contribution in [1.29, 1.82) is 0 Å². The molecule has 68 heavy (non-hydrogen) atoms. The van der Waals surface area contributed by atoms with Crippen molar-refractivity contribution < 1.29 is 78.3 Å². The molecule has 0 aromatic rings. The largest absolute Gasteiger partial charge is 0.481 e. The first-order valence-corrected chi connectivity index (χ1v) is 22.3. The predicted molar refractivity (Wildman–Crippen MR) is 246 cm³/mol. The normalized spacial score (nSPS) is 15.0. The van der Waals surface area contributed by atoms with E-state index in [1.54, 1.807) is 27.7 Å². The van der Waals surface area contributed by atoms with Gasteiger partial charge >= 0.3 is 17.9 Å². The smallest absolute Gasteiger partial charge is 0.327 e. The standard InChI is InChI=1S/C38H66N12O16S2/c1-16(2)8-20(44-36(64)25(13-52)49-32(60)21(9-17(3)4)45-35(63)24(12-51)48-29(57)18(39)14-67)31(59)43-19(6-5-7-42-38(40)41)30(58)46-22(10-27(53)54)33(61)47-23(11-28(55)56)34(62)50-26(15-68)37(65)66/h16-26,51-52,67-68H,5-15,39H2,1-4H3,(H,43,59)(H,44,64)(H,45,63)(H,46,58)(H,47,61)(H,48,57)(H,49,60)(H,50,62)(H,53,54)(H,55,56)(H,65,66)(H4,40,41,42)/t18-,19-,20-,21-,22-,23-,24-,25-,26-/m0/s1. The van der Waals surface area contributed by atoms with Crippen LogP contribution >= 0.6 is 25.3 Å². The summed E-state index contributed by atoms with van der Waals surface area (Å²) < 4.78 is 0. The Bertz CT molecular complexity index is 1810. The highest BCUT2D eigenvalue weighted by Crippen LogP contribution is 2.10. The summed E-state index contributed by atoms with van der Waals surface area (Å²) in [6.45, 7) is 4.73. The third-order valence-corrected chi connectivity index (χ3v) is 10.0. The Morgan fingerprint density at radius 1 is 0.485 bits per heavy atom. The van der Waals surface area contributed by atoms with Gasteiger partial charge in [0.2, 0.25) is 47.3 Å². The van der Waals surface area contributed by atoms with Crippen LogP contribution in [0.3, 0.4) is 0 Å². The molecule has 0 radical (unpaired) electrons. The number of aliphatic imine (C=N–C) groups is 1. The minimum absolute atomic E-state index is 0.0225. The van der Waals surface area contributed by atoms with Gasteiger partial charge in [0.15, 0.2) is 5.96 Å². The highest BCUT2D eigenvalue weighted by Gasteiger charge is 2.36. The molecule has 9 atom stereocenters. The van der Waals surface area contributed by atoms with Gasteiger partial charge in [-0.2, -0.15) is 25.3 Å². The van der Waals surface area contributed by atoms with Crippen molar-refractivity contribution in [2.24, 2.45) is 34.0 Å². The molecule has 386 valence electrons. The minimum atomic E-state index is -2.03. The first kappa shape index (κ1) is 62.0. The molecule has 0 aliphatic heterocycles. The number of aliphatic hydroxyl groups is 2. The number of carboxylic acids is 3. The highest BCUT2D eigenvalue weighted by molar-refractivity contribution is 7.80. The molecule has 0 unspecified atom stereocenters. The first-order chi connectivity index (χ1) is 31.7. The van der Waals surface area contributed by atoms with E-state index in [0.29, 0.717) is 0 Å². The predicted octanol–water partition coefficient (Wildman–Crippen LogP) is -6.78. The molecule has 0 spiro atoms. The Labute approximate surface area is 402 Å². The molecule has 0 fully saturated rings. The second kappa shape index (κ2) is 31.9. The van der Waals surface area contributed by atoms with Crippen LogP contribution in [0.5, 0.6) is 0 Å². The fourth-order valence-electron chi connectivity index (χ4n) is 5.79. The van der Waals surface area contributed by atoms with Gasteiger partial charge < -0.3 is 85.3 Å². The SMILES string of the molecule is CC(C)C[C@H](NC(=O)[C@H](CO)NC(=O)[C@H](CC(C)C)NC(=O)[C@H](CO)NC(=O)[C@@H](N)CS)C(=O)N[C@@H](CCCN=C(N)N)C(=O)N[C@@H](CC(=O)O)C(=O)N[C@@H](CC(=O)O)C(=O)N[C@@H](CS)C(=O)O. The maximum atomic E-state index is 13.9. The molecule has 28 nitrogen and oxygen atoms in total. The lowest BCUT2D eigenvalue weighted by molar-refractivity contribution is -0.144. The van der Waals surface area contributed by atoms with E-state index in [0.717, 1.165) is 0 Å². The van der Waals surface area contributed by atoms with Crippen molar-refractivity contribution in [1.82, 2.24) is 42.5 Å². The zero-order chi connectivity index (χ0) is 52.4. The Hall–Kier alpha value is -5.98. The van der Waals surface area contributed by atoms with Gasteiger partial charge in [0.05, 0.1) is 32.1 Å². The summed E-state index contributed by atoms with van der Waals surface area (Å²) in [5, 5.41) is 66.1. The van der Waals surface area contributed by atoms with Gasteiger partial charge in [-0.1, -0.05) is 27.7 Å². The average molecular weight is 1010 g/mol. The fraction of sp³-hybridized carbons (Fsp3) is 0.684. The zero-order valence-electron chi connectivity index (χ0n) is 37.9. The van der Waals surface area contributed by atoms with Crippen molar-refractivity contribution in [3.63, 3.8) is 0 Å². The van der Waals surface area contributed by atoms with Gasteiger partial charge in [-0.3, -0.25) is 52.9 Å². The van der Waals surface area contributed by atoms with Crippen LogP contribution in [0, 0.1) is 11.8 Å². The van der Waals surface area contributed by atoms with Gasteiger partial charge in [0, 0.05) is 18.1 Å². The van der Waals surface area contributed by atoms with Crippen LogP contribution in [-0.4, -0.2) is 182 Å². The highest BCUT2D eigenvalue weighted by atomic mass is 32.1. The van der Waals surface area contributed by atoms with Crippen LogP contribution in [0.4, 0.5) is 0 Å². The number of nitrogens with two attached hydrogens (primary N) is 3. The van der Waals surface area contributed by atoms with Crippen molar-refractivity contribution in [3.8, 4) is 0 Å².